The van der Waals surface area contributed by atoms with Gasteiger partial charge < -0.3 is 20.4 Å². The molecule has 0 saturated heterocycles. The number of nitrogens with one attached hydrogen (secondary N) is 2. The molecular weight excluding hydrogens is 1050 g/mol. The summed E-state index contributed by atoms with van der Waals surface area (Å²) in [5, 5.41) is 6.67. The molecule has 2 N–H and O–H groups in total. The highest BCUT2D eigenvalue weighted by Crippen LogP contribution is 2.20. The minimum Gasteiger partial charge on any atom is -0.338 e. The van der Waals surface area contributed by atoms with E-state index in [1.54, 1.807) is 0 Å². The zero-order chi connectivity index (χ0) is 62.0. The molecule has 4 amide bonds. The van der Waals surface area contributed by atoms with E-state index in [2.05, 4.69) is 48.1 Å². The third-order valence-corrected chi connectivity index (χ3v) is 19.4. The number of nitrogens with zero attached hydrogens (tertiary/aromatic N) is 2. The van der Waals surface area contributed by atoms with E-state index in [0.717, 1.165) is 90.6 Å². The fourth-order valence-corrected chi connectivity index (χ4v) is 13.3. The van der Waals surface area contributed by atoms with Crippen molar-refractivity contribution in [3.05, 3.63) is 0 Å². The quantitative estimate of drug-likeness (QED) is 0.0596. The summed E-state index contributed by atoms with van der Waals surface area (Å²) in [7, 11) is 0. The average Bonchev–Trinajstić information content (AvgIpc) is 3.59. The number of hydrogen-bond donors (Lipinski definition) is 2. The van der Waals surface area contributed by atoms with Crippen LogP contribution in [0.2, 0.25) is 0 Å². The first-order chi connectivity index (χ1) is 42.6. The summed E-state index contributed by atoms with van der Waals surface area (Å²) in [6, 6.07) is 0.320. The molecule has 0 atom stereocenters. The second-order valence-electron chi connectivity index (χ2n) is 28.1. The van der Waals surface area contributed by atoms with Gasteiger partial charge in [-0.25, -0.2) is 9.59 Å². The lowest BCUT2D eigenvalue weighted by Crippen LogP contribution is -2.41. The van der Waals surface area contributed by atoms with Gasteiger partial charge in [-0.2, -0.15) is 0 Å². The van der Waals surface area contributed by atoms with E-state index in [4.69, 9.17) is 0 Å². The number of rotatable bonds is 75. The Morgan fingerprint density at radius 1 is 0.174 bits per heavy atom. The molecular formula is C80H162N4O2. The Morgan fingerprint density at radius 2 is 0.291 bits per heavy atom. The molecule has 0 aromatic rings. The van der Waals surface area contributed by atoms with Crippen LogP contribution in [0, 0.1) is 0 Å². The number of hydrogen-bond acceptors (Lipinski definition) is 2. The predicted molar refractivity (Wildman–Crippen MR) is 387 cm³/mol. The van der Waals surface area contributed by atoms with Crippen molar-refractivity contribution < 1.29 is 9.59 Å². The summed E-state index contributed by atoms with van der Waals surface area (Å²) in [4.78, 5) is 31.6. The van der Waals surface area contributed by atoms with Crippen molar-refractivity contribution in [1.82, 2.24) is 20.4 Å². The van der Waals surface area contributed by atoms with Gasteiger partial charge in [-0.15, -0.1) is 0 Å². The van der Waals surface area contributed by atoms with Crippen LogP contribution in [-0.4, -0.2) is 61.1 Å². The predicted octanol–water partition coefficient (Wildman–Crippen LogP) is 27.6. The number of amides is 4. The van der Waals surface area contributed by atoms with E-state index >= 15 is 0 Å². The Labute approximate surface area is 543 Å². The van der Waals surface area contributed by atoms with Crippen molar-refractivity contribution in [2.24, 2.45) is 0 Å². The van der Waals surface area contributed by atoms with Crippen molar-refractivity contribution in [3.63, 3.8) is 0 Å². The van der Waals surface area contributed by atoms with E-state index in [1.165, 1.54) is 385 Å². The Hall–Kier alpha value is -1.46. The van der Waals surface area contributed by atoms with Crippen LogP contribution in [0.4, 0.5) is 9.59 Å². The lowest BCUT2D eigenvalue weighted by atomic mass is 10.0. The molecule has 0 bridgehead atoms. The van der Waals surface area contributed by atoms with Crippen LogP contribution < -0.4 is 10.6 Å². The van der Waals surface area contributed by atoms with Gasteiger partial charge in [0.25, 0.3) is 0 Å². The van der Waals surface area contributed by atoms with Crippen LogP contribution >= 0.6 is 0 Å². The molecule has 86 heavy (non-hydrogen) atoms. The molecule has 0 fully saturated rings. The highest BCUT2D eigenvalue weighted by Gasteiger charge is 2.14. The zero-order valence-corrected chi connectivity index (χ0v) is 60.0. The summed E-state index contributed by atoms with van der Waals surface area (Å²) in [5.74, 6) is 0. The maximum atomic E-state index is 13.6. The number of unbranched alkanes of at least 4 members (excludes halogenated alkanes) is 63. The number of urea groups is 2. The van der Waals surface area contributed by atoms with E-state index in [1.807, 2.05) is 0 Å². The molecule has 514 valence electrons. The standard InChI is InChI=1S/C80H162N4O2/c1-5-9-13-17-21-25-29-33-37-41-45-49-53-57-63-69-75-83(76-70-64-58-54-50-46-42-38-34-30-26-22-18-14-10-6-2)79(85)81-73-67-61-62-68-74-82-80(86)84(77-71-65-59-55-51-47-43-39-35-31-27-23-19-15-11-7-3)78-72-66-60-56-52-48-44-40-36-32-28-24-20-16-12-8-4/h5-78H2,1-4H3,(H,81,85)(H,82,86). The van der Waals surface area contributed by atoms with E-state index < -0.39 is 0 Å². The van der Waals surface area contributed by atoms with Crippen LogP contribution in [0.15, 0.2) is 0 Å². The summed E-state index contributed by atoms with van der Waals surface area (Å²) in [6.07, 6.45) is 92.4. The first kappa shape index (κ1) is 84.5. The van der Waals surface area contributed by atoms with E-state index in [9.17, 15) is 9.59 Å². The molecule has 0 radical (unpaired) electrons. The molecule has 0 aliphatic rings. The third kappa shape index (κ3) is 68.4. The van der Waals surface area contributed by atoms with Gasteiger partial charge in [0.2, 0.25) is 0 Å². The van der Waals surface area contributed by atoms with Crippen LogP contribution in [-0.2, 0) is 0 Å². The normalized spacial score (nSPS) is 11.5. The van der Waals surface area contributed by atoms with Gasteiger partial charge in [-0.05, 0) is 38.5 Å². The Morgan fingerprint density at radius 3 is 0.430 bits per heavy atom. The molecule has 6 nitrogen and oxygen atoms in total. The Bertz CT molecular complexity index is 1100. The first-order valence-corrected chi connectivity index (χ1v) is 40.7. The summed E-state index contributed by atoms with van der Waals surface area (Å²) in [6.45, 7) is 14.3. The lowest BCUT2D eigenvalue weighted by molar-refractivity contribution is 0.193. The summed E-state index contributed by atoms with van der Waals surface area (Å²) < 4.78 is 0. The second kappa shape index (κ2) is 76.0. The Balaban J connectivity index is 4.71. The first-order valence-electron chi connectivity index (χ1n) is 40.7. The SMILES string of the molecule is CCCCCCCCCCCCCCCCCCN(CCCCCCCCCCCCCCCCCC)C(=O)NCCCCCCNC(=O)N(CCCCCCCCCCCCCCCCCC)CCCCCCCCCCCCCCCCCC. The van der Waals surface area contributed by atoms with Crippen molar-refractivity contribution in [2.45, 2.75) is 464 Å². The Kier molecular flexibility index (Phi) is 74.7. The lowest BCUT2D eigenvalue weighted by Gasteiger charge is -2.23. The van der Waals surface area contributed by atoms with Crippen molar-refractivity contribution in [1.29, 1.82) is 0 Å². The summed E-state index contributed by atoms with van der Waals surface area (Å²) >= 11 is 0. The van der Waals surface area contributed by atoms with Gasteiger partial charge in [-0.3, -0.25) is 0 Å². The fourth-order valence-electron chi connectivity index (χ4n) is 13.3. The molecule has 0 aliphatic carbocycles. The van der Waals surface area contributed by atoms with Gasteiger partial charge in [0.15, 0.2) is 0 Å². The molecule has 0 heterocycles. The monoisotopic (exact) mass is 1210 g/mol. The molecule has 0 unspecified atom stereocenters. The van der Waals surface area contributed by atoms with Gasteiger partial charge in [-0.1, -0.05) is 426 Å². The third-order valence-electron chi connectivity index (χ3n) is 19.4. The maximum absolute atomic E-state index is 13.6. The van der Waals surface area contributed by atoms with Crippen LogP contribution in [0.1, 0.15) is 464 Å². The van der Waals surface area contributed by atoms with E-state index in [0.29, 0.717) is 0 Å². The topological polar surface area (TPSA) is 64.7 Å². The highest BCUT2D eigenvalue weighted by atomic mass is 16.2. The molecule has 0 aliphatic heterocycles. The molecule has 0 rings (SSSR count). The fraction of sp³-hybridized carbons (Fsp3) is 0.975. The van der Waals surface area contributed by atoms with Crippen LogP contribution in [0.3, 0.4) is 0 Å². The van der Waals surface area contributed by atoms with Gasteiger partial charge in [0.1, 0.15) is 0 Å². The van der Waals surface area contributed by atoms with E-state index in [-0.39, 0.29) is 12.1 Å². The molecule has 0 aromatic carbocycles. The van der Waals surface area contributed by atoms with Crippen LogP contribution in [0.25, 0.3) is 0 Å². The van der Waals surface area contributed by atoms with Gasteiger partial charge in [0, 0.05) is 39.3 Å². The zero-order valence-electron chi connectivity index (χ0n) is 60.0. The highest BCUT2D eigenvalue weighted by molar-refractivity contribution is 5.74. The van der Waals surface area contributed by atoms with Crippen molar-refractivity contribution in [2.75, 3.05) is 39.3 Å². The molecule has 0 saturated carbocycles. The smallest absolute Gasteiger partial charge is 0.317 e. The molecule has 6 heteroatoms. The van der Waals surface area contributed by atoms with Crippen molar-refractivity contribution in [3.8, 4) is 0 Å². The minimum atomic E-state index is 0.160. The number of carbonyl (C=O) groups is 2. The summed E-state index contributed by atoms with van der Waals surface area (Å²) in [5.41, 5.74) is 0. The maximum Gasteiger partial charge on any atom is 0.317 e. The second-order valence-corrected chi connectivity index (χ2v) is 28.1. The average molecular weight is 1210 g/mol. The van der Waals surface area contributed by atoms with Crippen LogP contribution in [0.5, 0.6) is 0 Å². The minimum absolute atomic E-state index is 0.160. The number of carbonyl (C=O) groups excluding carboxylic acids is 2. The molecule has 0 aromatic heterocycles. The van der Waals surface area contributed by atoms with Crippen molar-refractivity contribution >= 4 is 12.1 Å². The largest absolute Gasteiger partial charge is 0.338 e. The van der Waals surface area contributed by atoms with Gasteiger partial charge >= 0.3 is 12.1 Å². The molecule has 0 spiro atoms. The van der Waals surface area contributed by atoms with Gasteiger partial charge in [0.05, 0.1) is 0 Å².